The van der Waals surface area contributed by atoms with Crippen LogP contribution in [0, 0.1) is 0 Å². The van der Waals surface area contributed by atoms with Crippen LogP contribution in [0.3, 0.4) is 0 Å². The quantitative estimate of drug-likeness (QED) is 0.493. The van der Waals surface area contributed by atoms with Gasteiger partial charge in [-0.15, -0.1) is 0 Å². The van der Waals surface area contributed by atoms with Gasteiger partial charge in [-0.2, -0.15) is 4.99 Å². The first-order chi connectivity index (χ1) is 10.1. The van der Waals surface area contributed by atoms with Gasteiger partial charge in [0, 0.05) is 25.7 Å². The fraction of sp³-hybridized carbons (Fsp3) is 0.188. The number of ether oxygens (including phenoxy) is 1. The minimum Gasteiger partial charge on any atom is -0.497 e. The summed E-state index contributed by atoms with van der Waals surface area (Å²) in [5.74, 6) is 0.592. The second kappa shape index (κ2) is 6.95. The third kappa shape index (κ3) is 4.10. The number of aliphatic imine (C=N–C) groups is 1. The molecule has 0 bridgehead atoms. The molecule has 0 saturated carbocycles. The molecule has 0 aliphatic heterocycles. The van der Waals surface area contributed by atoms with Crippen molar-refractivity contribution < 1.29 is 9.53 Å². The van der Waals surface area contributed by atoms with Crippen LogP contribution in [0.5, 0.6) is 5.75 Å². The third-order valence-corrected chi connectivity index (χ3v) is 3.75. The van der Waals surface area contributed by atoms with Crippen molar-refractivity contribution in [2.75, 3.05) is 21.2 Å². The Labute approximate surface area is 128 Å². The van der Waals surface area contributed by atoms with Crippen molar-refractivity contribution >= 4 is 23.6 Å². The third-order valence-electron chi connectivity index (χ3n) is 2.75. The van der Waals surface area contributed by atoms with Gasteiger partial charge in [0.05, 0.1) is 19.0 Å². The number of carbonyl (C=O) groups is 1. The average Bonchev–Trinajstić information content (AvgIpc) is 2.53. The van der Waals surface area contributed by atoms with Gasteiger partial charge < -0.3 is 9.64 Å². The van der Waals surface area contributed by atoms with Crippen molar-refractivity contribution in [3.63, 3.8) is 0 Å². The number of rotatable bonds is 4. The summed E-state index contributed by atoms with van der Waals surface area (Å²) < 4.78 is 5.14. The zero-order valence-corrected chi connectivity index (χ0v) is 13.1. The smallest absolute Gasteiger partial charge is 0.283 e. The zero-order chi connectivity index (χ0) is 15.2. The topological polar surface area (TPSA) is 41.9 Å². The second-order valence-electron chi connectivity index (χ2n) is 4.63. The number of amides is 1. The Balaban J connectivity index is 2.16. The fourth-order valence-corrected chi connectivity index (χ4v) is 2.51. The first kappa shape index (κ1) is 15.1. The van der Waals surface area contributed by atoms with Crippen molar-refractivity contribution in [1.82, 2.24) is 4.90 Å². The van der Waals surface area contributed by atoms with Crippen LogP contribution < -0.4 is 4.74 Å². The lowest BCUT2D eigenvalue weighted by Crippen LogP contribution is -2.09. The van der Waals surface area contributed by atoms with E-state index in [9.17, 15) is 4.79 Å². The summed E-state index contributed by atoms with van der Waals surface area (Å²) >= 11 is 1.52. The highest BCUT2D eigenvalue weighted by Crippen LogP contribution is 2.26. The minimum atomic E-state index is -0.235. The van der Waals surface area contributed by atoms with Gasteiger partial charge in [-0.25, -0.2) is 0 Å². The van der Waals surface area contributed by atoms with E-state index < -0.39 is 0 Å². The summed E-state index contributed by atoms with van der Waals surface area (Å²) in [6, 6.07) is 11.6. The van der Waals surface area contributed by atoms with E-state index in [1.54, 1.807) is 18.1 Å². The Morgan fingerprint density at radius 2 is 1.90 bits per heavy atom. The summed E-state index contributed by atoms with van der Waals surface area (Å²) in [4.78, 5) is 18.5. The van der Waals surface area contributed by atoms with E-state index >= 15 is 0 Å². The van der Waals surface area contributed by atoms with Gasteiger partial charge in [0.2, 0.25) is 21.6 Å². The Morgan fingerprint density at radius 3 is 2.43 bits per heavy atom. The molecule has 2 aromatic rings. The lowest BCUT2D eigenvalue weighted by atomic mass is 10.2. The SMILES string of the molecule is COc1ccc(-c2ccc(C(=O)N=CN(C)C)c[s+]2)cc1. The molecule has 0 saturated heterocycles. The van der Waals surface area contributed by atoms with Crippen molar-refractivity contribution in [3.05, 3.63) is 47.3 Å². The molecule has 21 heavy (non-hydrogen) atoms. The number of hydrogen-bond donors (Lipinski definition) is 0. The molecule has 0 radical (unpaired) electrons. The molecule has 1 amide bonds. The van der Waals surface area contributed by atoms with Gasteiger partial charge in [0.15, 0.2) is 0 Å². The Bertz CT molecular complexity index is 634. The highest BCUT2D eigenvalue weighted by Gasteiger charge is 2.13. The summed E-state index contributed by atoms with van der Waals surface area (Å²) in [7, 11) is 5.30. The van der Waals surface area contributed by atoms with Gasteiger partial charge >= 0.3 is 0 Å². The molecule has 0 unspecified atom stereocenters. The van der Waals surface area contributed by atoms with Crippen LogP contribution in [0.4, 0.5) is 0 Å². The van der Waals surface area contributed by atoms with E-state index in [1.807, 2.05) is 49.8 Å². The van der Waals surface area contributed by atoms with E-state index in [1.165, 1.54) is 17.7 Å². The largest absolute Gasteiger partial charge is 0.497 e. The second-order valence-corrected chi connectivity index (χ2v) is 5.54. The molecule has 0 aliphatic rings. The van der Waals surface area contributed by atoms with Crippen LogP contribution in [-0.2, 0) is 0 Å². The number of methoxy groups -OCH3 is 1. The first-order valence-electron chi connectivity index (χ1n) is 6.41. The van der Waals surface area contributed by atoms with Gasteiger partial charge in [0.25, 0.3) is 5.91 Å². The molecule has 0 atom stereocenters. The maximum Gasteiger partial charge on any atom is 0.283 e. The van der Waals surface area contributed by atoms with E-state index in [0.29, 0.717) is 5.56 Å². The maximum atomic E-state index is 11.8. The molecular weight excluding hydrogens is 284 g/mol. The van der Waals surface area contributed by atoms with E-state index in [2.05, 4.69) is 4.99 Å². The molecule has 0 spiro atoms. The van der Waals surface area contributed by atoms with Gasteiger partial charge in [-0.05, 0) is 30.3 Å². The zero-order valence-electron chi connectivity index (χ0n) is 12.2. The number of benzene rings is 1. The van der Waals surface area contributed by atoms with Gasteiger partial charge in [-0.1, -0.05) is 0 Å². The number of nitrogens with zero attached hydrogens (tertiary/aromatic N) is 2. The summed E-state index contributed by atoms with van der Waals surface area (Å²) in [6.45, 7) is 0. The van der Waals surface area contributed by atoms with E-state index in [0.717, 1.165) is 16.2 Å². The molecule has 1 heterocycles. The molecule has 5 heteroatoms. The fourth-order valence-electron chi connectivity index (χ4n) is 1.65. The molecule has 0 N–H and O–H groups in total. The molecular formula is C16H17N2O2S+. The summed E-state index contributed by atoms with van der Waals surface area (Å²) in [5.41, 5.74) is 1.69. The average molecular weight is 301 g/mol. The van der Waals surface area contributed by atoms with Crippen molar-refractivity contribution in [2.45, 2.75) is 0 Å². The van der Waals surface area contributed by atoms with Crippen LogP contribution in [0.15, 0.2) is 46.8 Å². The van der Waals surface area contributed by atoms with Crippen LogP contribution in [0.2, 0.25) is 0 Å². The number of carbonyl (C=O) groups excluding carboxylic acids is 1. The first-order valence-corrected chi connectivity index (χ1v) is 7.29. The van der Waals surface area contributed by atoms with Crippen LogP contribution in [0.1, 0.15) is 10.4 Å². The van der Waals surface area contributed by atoms with Gasteiger partial charge in [-0.3, -0.25) is 4.79 Å². The van der Waals surface area contributed by atoms with Gasteiger partial charge in [0.1, 0.15) is 5.75 Å². The highest BCUT2D eigenvalue weighted by molar-refractivity contribution is 7.13. The predicted octanol–water partition coefficient (Wildman–Crippen LogP) is 3.43. The van der Waals surface area contributed by atoms with Crippen molar-refractivity contribution in [3.8, 4) is 16.2 Å². The predicted molar refractivity (Wildman–Crippen MR) is 87.2 cm³/mol. The molecule has 2 rings (SSSR count). The molecule has 0 aliphatic carbocycles. The standard InChI is InChI=1S/C16H17N2O2S/c1-18(2)11-17-16(19)13-6-9-15(21-10-13)12-4-7-14(20-3)8-5-12/h4-11H,1-3H3/q+1. The van der Waals surface area contributed by atoms with E-state index in [4.69, 9.17) is 4.74 Å². The number of hydrogen-bond acceptors (Lipinski definition) is 2. The Kier molecular flexibility index (Phi) is 5.00. The maximum absolute atomic E-state index is 11.8. The van der Waals surface area contributed by atoms with Crippen molar-refractivity contribution in [2.24, 2.45) is 4.99 Å². The molecule has 0 fully saturated rings. The lowest BCUT2D eigenvalue weighted by molar-refractivity contribution is 0.100. The molecule has 4 nitrogen and oxygen atoms in total. The van der Waals surface area contributed by atoms with Crippen LogP contribution in [0.25, 0.3) is 10.4 Å². The molecule has 108 valence electrons. The van der Waals surface area contributed by atoms with E-state index in [-0.39, 0.29) is 5.91 Å². The monoisotopic (exact) mass is 301 g/mol. The molecule has 1 aromatic heterocycles. The normalized spacial score (nSPS) is 10.6. The minimum absolute atomic E-state index is 0.235. The van der Waals surface area contributed by atoms with Crippen molar-refractivity contribution in [1.29, 1.82) is 0 Å². The van der Waals surface area contributed by atoms with Crippen LogP contribution >= 0.6 is 11.3 Å². The summed E-state index contributed by atoms with van der Waals surface area (Å²) in [6.07, 6.45) is 1.50. The Morgan fingerprint density at radius 1 is 1.19 bits per heavy atom. The summed E-state index contributed by atoms with van der Waals surface area (Å²) in [5, 5.41) is 1.83. The highest BCUT2D eigenvalue weighted by atomic mass is 32.1. The molecule has 1 aromatic carbocycles. The Hall–Kier alpha value is -2.27. The lowest BCUT2D eigenvalue weighted by Gasteiger charge is -2.01. The van der Waals surface area contributed by atoms with Crippen LogP contribution in [-0.4, -0.2) is 38.4 Å².